The minimum atomic E-state index is 0.570. The van der Waals surface area contributed by atoms with Gasteiger partial charge in [0.2, 0.25) is 0 Å². The molecule has 4 heterocycles. The summed E-state index contributed by atoms with van der Waals surface area (Å²) in [6, 6.07) is 52.2. The number of furan rings is 1. The predicted octanol–water partition coefficient (Wildman–Crippen LogP) is 10.9. The highest BCUT2D eigenvalue weighted by molar-refractivity contribution is 6.11. The van der Waals surface area contributed by atoms with Gasteiger partial charge >= 0.3 is 0 Å². The first-order valence-electron chi connectivity index (χ1n) is 16.5. The molecule has 0 saturated heterocycles. The zero-order valence-electron chi connectivity index (χ0n) is 26.7. The third-order valence-electron chi connectivity index (χ3n) is 9.39. The number of hydrogen-bond donors (Lipinski definition) is 0. The number of nitrogens with zero attached hydrogens (tertiary/aromatic N) is 5. The van der Waals surface area contributed by atoms with Crippen LogP contribution >= 0.6 is 0 Å². The van der Waals surface area contributed by atoms with Crippen LogP contribution in [0, 0.1) is 0 Å². The van der Waals surface area contributed by atoms with Gasteiger partial charge in [-0.2, -0.15) is 0 Å². The summed E-state index contributed by atoms with van der Waals surface area (Å²) < 4.78 is 8.51. The Morgan fingerprint density at radius 2 is 1.00 bits per heavy atom. The summed E-state index contributed by atoms with van der Waals surface area (Å²) >= 11 is 0. The molecule has 0 saturated carbocycles. The fraction of sp³-hybridized carbons (Fsp3) is 0. The molecule has 0 radical (unpaired) electrons. The van der Waals surface area contributed by atoms with Crippen molar-refractivity contribution >= 4 is 43.7 Å². The van der Waals surface area contributed by atoms with Crippen molar-refractivity contribution in [2.75, 3.05) is 0 Å². The average Bonchev–Trinajstić information content (AvgIpc) is 3.74. The Morgan fingerprint density at radius 3 is 1.70 bits per heavy atom. The lowest BCUT2D eigenvalue weighted by atomic mass is 10.0. The molecule has 10 aromatic rings. The summed E-state index contributed by atoms with van der Waals surface area (Å²) in [7, 11) is 0. The van der Waals surface area contributed by atoms with E-state index in [1.54, 1.807) is 6.20 Å². The van der Waals surface area contributed by atoms with Crippen molar-refractivity contribution in [3.8, 4) is 51.0 Å². The van der Waals surface area contributed by atoms with Crippen molar-refractivity contribution in [3.63, 3.8) is 0 Å². The van der Waals surface area contributed by atoms with Gasteiger partial charge in [0.15, 0.2) is 17.5 Å². The number of rotatable bonds is 5. The van der Waals surface area contributed by atoms with E-state index in [-0.39, 0.29) is 0 Å². The molecule has 0 spiro atoms. The van der Waals surface area contributed by atoms with E-state index >= 15 is 0 Å². The Labute approximate surface area is 287 Å². The molecule has 0 aliphatic rings. The van der Waals surface area contributed by atoms with Crippen LogP contribution in [0.1, 0.15) is 0 Å². The summed E-state index contributed by atoms with van der Waals surface area (Å²) in [5.41, 5.74) is 9.89. The summed E-state index contributed by atoms with van der Waals surface area (Å²) in [5, 5.41) is 4.31. The van der Waals surface area contributed by atoms with E-state index < -0.39 is 0 Å². The van der Waals surface area contributed by atoms with Crippen molar-refractivity contribution < 1.29 is 4.42 Å². The lowest BCUT2D eigenvalue weighted by Crippen LogP contribution is -2.01. The Hall–Kier alpha value is -6.92. The van der Waals surface area contributed by atoms with Crippen LogP contribution < -0.4 is 0 Å². The molecule has 4 aromatic heterocycles. The highest BCUT2D eigenvalue weighted by Crippen LogP contribution is 2.37. The molecule has 0 unspecified atom stereocenters. The maximum absolute atomic E-state index is 6.20. The summed E-state index contributed by atoms with van der Waals surface area (Å²) in [6.07, 6.45) is 3.58. The van der Waals surface area contributed by atoms with Crippen molar-refractivity contribution in [2.24, 2.45) is 0 Å². The van der Waals surface area contributed by atoms with Gasteiger partial charge in [-0.3, -0.25) is 4.98 Å². The van der Waals surface area contributed by atoms with Crippen LogP contribution in [-0.4, -0.2) is 24.5 Å². The van der Waals surface area contributed by atoms with Gasteiger partial charge in [0.1, 0.15) is 11.2 Å². The molecule has 0 bridgehead atoms. The van der Waals surface area contributed by atoms with Gasteiger partial charge in [0, 0.05) is 56.3 Å². The molecule has 0 atom stereocenters. The summed E-state index contributed by atoms with van der Waals surface area (Å²) in [4.78, 5) is 19.6. The lowest BCUT2D eigenvalue weighted by molar-refractivity contribution is 0.668. The topological polar surface area (TPSA) is 69.6 Å². The Bertz CT molecular complexity index is 2800. The molecule has 0 aliphatic heterocycles. The van der Waals surface area contributed by atoms with Crippen LogP contribution in [0.2, 0.25) is 0 Å². The second kappa shape index (κ2) is 11.4. The normalized spacial score (nSPS) is 11.6. The van der Waals surface area contributed by atoms with Gasteiger partial charge in [-0.05, 0) is 59.7 Å². The smallest absolute Gasteiger partial charge is 0.164 e. The minimum absolute atomic E-state index is 0.570. The molecule has 0 fully saturated rings. The van der Waals surface area contributed by atoms with E-state index in [9.17, 15) is 0 Å². The molecule has 6 aromatic carbocycles. The Kier molecular flexibility index (Phi) is 6.39. The van der Waals surface area contributed by atoms with E-state index in [1.807, 2.05) is 36.5 Å². The maximum Gasteiger partial charge on any atom is 0.164 e. The highest BCUT2D eigenvalue weighted by atomic mass is 16.3. The molecule has 0 N–H and O–H groups in total. The molecular weight excluding hydrogens is 615 g/mol. The van der Waals surface area contributed by atoms with Gasteiger partial charge in [-0.1, -0.05) is 103 Å². The molecule has 0 amide bonds. The summed E-state index contributed by atoms with van der Waals surface area (Å²) in [5.74, 6) is 1.76. The van der Waals surface area contributed by atoms with Crippen LogP contribution in [-0.2, 0) is 0 Å². The second-order valence-electron chi connectivity index (χ2n) is 12.3. The maximum atomic E-state index is 6.20. The largest absolute Gasteiger partial charge is 0.456 e. The van der Waals surface area contributed by atoms with Gasteiger partial charge in [-0.15, -0.1) is 0 Å². The molecule has 234 valence electrons. The minimum Gasteiger partial charge on any atom is -0.456 e. The standard InChI is InChI=1S/C44H27N5O/c1-2-9-28(10-3-1)29-17-19-30(20-18-29)42-46-43(48-44(47-42)35-13-8-16-40-41(35)36-27-45-26-25-39(36)50-40)31-21-23-32(24-22-31)49-37-14-6-4-11-33(37)34-12-5-7-15-38(34)49/h1-27H. The number of pyridine rings is 1. The molecular formula is C44H27N5O. The van der Waals surface area contributed by atoms with Crippen molar-refractivity contribution in [3.05, 3.63) is 164 Å². The lowest BCUT2D eigenvalue weighted by Gasteiger charge is -2.11. The quantitative estimate of drug-likeness (QED) is 0.187. The second-order valence-corrected chi connectivity index (χ2v) is 12.3. The number of para-hydroxylation sites is 2. The molecule has 6 nitrogen and oxygen atoms in total. The fourth-order valence-electron chi connectivity index (χ4n) is 7.01. The first kappa shape index (κ1) is 28.1. The van der Waals surface area contributed by atoms with Crippen LogP contribution in [0.3, 0.4) is 0 Å². The monoisotopic (exact) mass is 641 g/mol. The van der Waals surface area contributed by atoms with Gasteiger partial charge in [0.05, 0.1) is 11.0 Å². The third kappa shape index (κ3) is 4.58. The van der Waals surface area contributed by atoms with Crippen molar-refractivity contribution in [2.45, 2.75) is 0 Å². The Morgan fingerprint density at radius 1 is 0.420 bits per heavy atom. The first-order valence-corrected chi connectivity index (χ1v) is 16.5. The number of fused-ring (bicyclic) bond motifs is 6. The van der Waals surface area contributed by atoms with E-state index in [1.165, 1.54) is 21.8 Å². The van der Waals surface area contributed by atoms with E-state index in [0.717, 1.165) is 55.4 Å². The highest BCUT2D eigenvalue weighted by Gasteiger charge is 2.18. The zero-order chi connectivity index (χ0) is 33.0. The van der Waals surface area contributed by atoms with Crippen LogP contribution in [0.15, 0.2) is 168 Å². The van der Waals surface area contributed by atoms with Crippen molar-refractivity contribution in [1.29, 1.82) is 0 Å². The molecule has 6 heteroatoms. The molecule has 10 rings (SSSR count). The van der Waals surface area contributed by atoms with E-state index in [2.05, 4.69) is 131 Å². The number of benzene rings is 6. The first-order chi connectivity index (χ1) is 24.8. The number of aromatic nitrogens is 5. The molecule has 0 aliphatic carbocycles. The third-order valence-corrected chi connectivity index (χ3v) is 9.39. The van der Waals surface area contributed by atoms with Gasteiger partial charge in [0.25, 0.3) is 0 Å². The summed E-state index contributed by atoms with van der Waals surface area (Å²) in [6.45, 7) is 0. The zero-order valence-corrected chi connectivity index (χ0v) is 26.7. The Balaban J connectivity index is 1.13. The van der Waals surface area contributed by atoms with Gasteiger partial charge < -0.3 is 8.98 Å². The van der Waals surface area contributed by atoms with E-state index in [0.29, 0.717) is 17.5 Å². The van der Waals surface area contributed by atoms with Crippen LogP contribution in [0.4, 0.5) is 0 Å². The van der Waals surface area contributed by atoms with Crippen LogP contribution in [0.5, 0.6) is 0 Å². The van der Waals surface area contributed by atoms with Crippen LogP contribution in [0.25, 0.3) is 94.7 Å². The van der Waals surface area contributed by atoms with E-state index in [4.69, 9.17) is 19.4 Å². The fourth-order valence-corrected chi connectivity index (χ4v) is 7.01. The van der Waals surface area contributed by atoms with Crippen molar-refractivity contribution in [1.82, 2.24) is 24.5 Å². The average molecular weight is 642 g/mol. The SMILES string of the molecule is c1ccc(-c2ccc(-c3nc(-c4ccc(-n5c6ccccc6c6ccccc65)cc4)nc(-c4cccc5oc6ccncc6c45)n3)cc2)cc1. The van der Waals surface area contributed by atoms with Gasteiger partial charge in [-0.25, -0.2) is 15.0 Å². The predicted molar refractivity (Wildman–Crippen MR) is 201 cm³/mol. The molecule has 50 heavy (non-hydrogen) atoms. The number of hydrogen-bond acceptors (Lipinski definition) is 5.